The minimum absolute atomic E-state index is 0.306. The predicted molar refractivity (Wildman–Crippen MR) is 80.9 cm³/mol. The summed E-state index contributed by atoms with van der Waals surface area (Å²) in [5, 5.41) is 11.9. The molecule has 0 aliphatic carbocycles. The molecule has 0 unspecified atom stereocenters. The molecule has 1 atom stereocenters. The van der Waals surface area contributed by atoms with Crippen molar-refractivity contribution < 1.29 is 0 Å². The van der Waals surface area contributed by atoms with Crippen molar-refractivity contribution in [3.8, 4) is 17.2 Å². The van der Waals surface area contributed by atoms with Crippen LogP contribution in [0.1, 0.15) is 31.4 Å². The third-order valence-electron chi connectivity index (χ3n) is 3.34. The summed E-state index contributed by atoms with van der Waals surface area (Å²) in [4.78, 5) is 4.03. The largest absolute Gasteiger partial charge is 0.310 e. The number of aromatic nitrogens is 1. The molecule has 1 aromatic carbocycles. The summed E-state index contributed by atoms with van der Waals surface area (Å²) >= 11 is 0. The van der Waals surface area contributed by atoms with Gasteiger partial charge in [-0.2, -0.15) is 5.26 Å². The lowest BCUT2D eigenvalue weighted by Gasteiger charge is -2.14. The summed E-state index contributed by atoms with van der Waals surface area (Å²) < 4.78 is 0. The van der Waals surface area contributed by atoms with Crippen molar-refractivity contribution in [2.45, 2.75) is 25.8 Å². The molecule has 3 heteroatoms. The van der Waals surface area contributed by atoms with Crippen LogP contribution in [0.2, 0.25) is 0 Å². The van der Waals surface area contributed by atoms with Gasteiger partial charge in [-0.1, -0.05) is 24.3 Å². The van der Waals surface area contributed by atoms with Crippen molar-refractivity contribution in [1.29, 1.82) is 5.26 Å². The van der Waals surface area contributed by atoms with Gasteiger partial charge in [0, 0.05) is 24.9 Å². The van der Waals surface area contributed by atoms with Gasteiger partial charge in [0.15, 0.2) is 0 Å². The zero-order valence-corrected chi connectivity index (χ0v) is 11.7. The fraction of sp³-hybridized carbons (Fsp3) is 0.294. The molecule has 0 radical (unpaired) electrons. The van der Waals surface area contributed by atoms with E-state index in [2.05, 4.69) is 47.6 Å². The molecule has 1 N–H and O–H groups in total. The van der Waals surface area contributed by atoms with Crippen LogP contribution in [0.4, 0.5) is 0 Å². The zero-order valence-electron chi connectivity index (χ0n) is 11.7. The number of nitrogens with zero attached hydrogens (tertiary/aromatic N) is 2. The van der Waals surface area contributed by atoms with Crippen LogP contribution in [0, 0.1) is 11.3 Å². The Kier molecular flexibility index (Phi) is 5.28. The Morgan fingerprint density at radius 3 is 2.40 bits per heavy atom. The van der Waals surface area contributed by atoms with Gasteiger partial charge in [-0.3, -0.25) is 4.98 Å². The van der Waals surface area contributed by atoms with Gasteiger partial charge in [-0.15, -0.1) is 0 Å². The number of nitriles is 1. The van der Waals surface area contributed by atoms with Gasteiger partial charge in [-0.05, 0) is 48.7 Å². The van der Waals surface area contributed by atoms with E-state index >= 15 is 0 Å². The maximum atomic E-state index is 8.51. The first-order valence-corrected chi connectivity index (χ1v) is 6.92. The molecule has 0 amide bonds. The van der Waals surface area contributed by atoms with Gasteiger partial charge in [0.05, 0.1) is 6.07 Å². The van der Waals surface area contributed by atoms with E-state index in [4.69, 9.17) is 5.26 Å². The van der Waals surface area contributed by atoms with E-state index in [0.29, 0.717) is 12.5 Å². The van der Waals surface area contributed by atoms with E-state index < -0.39 is 0 Å². The molecule has 102 valence electrons. The van der Waals surface area contributed by atoms with Crippen molar-refractivity contribution in [3.63, 3.8) is 0 Å². The Balaban J connectivity index is 1.96. The molecule has 2 aromatic rings. The Labute approximate surface area is 120 Å². The molecule has 2 rings (SSSR count). The molecular formula is C17H19N3. The maximum Gasteiger partial charge on any atom is 0.0622 e. The molecule has 0 saturated heterocycles. The molecule has 1 heterocycles. The summed E-state index contributed by atoms with van der Waals surface area (Å²) in [6, 6.07) is 15.1. The van der Waals surface area contributed by atoms with Crippen LogP contribution < -0.4 is 5.32 Å². The van der Waals surface area contributed by atoms with Crippen molar-refractivity contribution in [3.05, 3.63) is 54.4 Å². The second-order valence-electron chi connectivity index (χ2n) is 4.80. The van der Waals surface area contributed by atoms with E-state index in [1.807, 2.05) is 24.5 Å². The fourth-order valence-corrected chi connectivity index (χ4v) is 2.11. The molecule has 1 aromatic heterocycles. The number of pyridine rings is 1. The quantitative estimate of drug-likeness (QED) is 0.810. The minimum Gasteiger partial charge on any atom is -0.310 e. The monoisotopic (exact) mass is 265 g/mol. The van der Waals surface area contributed by atoms with Gasteiger partial charge in [0.2, 0.25) is 0 Å². The standard InChI is InChI=1S/C17H19N3/c1-14(20-11-3-2-10-18)15-4-6-16(7-5-15)17-8-12-19-13-9-17/h4-9,12-14,20H,2-3,11H2,1H3/t14-/m1/s1. The number of hydrogen-bond donors (Lipinski definition) is 1. The van der Waals surface area contributed by atoms with Crippen LogP contribution in [0.15, 0.2) is 48.8 Å². The van der Waals surface area contributed by atoms with Crippen LogP contribution in [-0.4, -0.2) is 11.5 Å². The van der Waals surface area contributed by atoms with Crippen molar-refractivity contribution in [2.75, 3.05) is 6.54 Å². The molecule has 0 aliphatic heterocycles. The van der Waals surface area contributed by atoms with E-state index in [0.717, 1.165) is 13.0 Å². The highest BCUT2D eigenvalue weighted by Gasteiger charge is 2.04. The lowest BCUT2D eigenvalue weighted by atomic mass is 10.0. The minimum atomic E-state index is 0.306. The molecule has 3 nitrogen and oxygen atoms in total. The molecule has 0 aliphatic rings. The highest BCUT2D eigenvalue weighted by atomic mass is 14.9. The number of benzene rings is 1. The van der Waals surface area contributed by atoms with Gasteiger partial charge in [0.25, 0.3) is 0 Å². The first kappa shape index (κ1) is 14.2. The number of rotatable bonds is 6. The summed E-state index contributed by atoms with van der Waals surface area (Å²) in [7, 11) is 0. The zero-order chi connectivity index (χ0) is 14.2. The SMILES string of the molecule is C[C@@H](NCCCC#N)c1ccc(-c2ccncc2)cc1. The molecule has 20 heavy (non-hydrogen) atoms. The average molecular weight is 265 g/mol. The third kappa shape index (κ3) is 3.91. The normalized spacial score (nSPS) is 11.8. The Bertz CT molecular complexity index is 555. The number of nitrogens with one attached hydrogen (secondary N) is 1. The lowest BCUT2D eigenvalue weighted by molar-refractivity contribution is 0.562. The van der Waals surface area contributed by atoms with Crippen LogP contribution >= 0.6 is 0 Å². The molecular weight excluding hydrogens is 246 g/mol. The van der Waals surface area contributed by atoms with Gasteiger partial charge < -0.3 is 5.32 Å². The van der Waals surface area contributed by atoms with E-state index in [9.17, 15) is 0 Å². The van der Waals surface area contributed by atoms with E-state index in [1.165, 1.54) is 16.7 Å². The lowest BCUT2D eigenvalue weighted by Crippen LogP contribution is -2.19. The smallest absolute Gasteiger partial charge is 0.0622 e. The summed E-state index contributed by atoms with van der Waals surface area (Å²) in [5.41, 5.74) is 3.65. The van der Waals surface area contributed by atoms with Crippen LogP contribution in [-0.2, 0) is 0 Å². The summed E-state index contributed by atoms with van der Waals surface area (Å²) in [6.07, 6.45) is 5.13. The van der Waals surface area contributed by atoms with Crippen LogP contribution in [0.5, 0.6) is 0 Å². The molecule has 0 saturated carbocycles. The summed E-state index contributed by atoms with van der Waals surface area (Å²) in [6.45, 7) is 3.02. The van der Waals surface area contributed by atoms with Crippen molar-refractivity contribution in [1.82, 2.24) is 10.3 Å². The van der Waals surface area contributed by atoms with Crippen molar-refractivity contribution >= 4 is 0 Å². The first-order chi connectivity index (χ1) is 9.81. The average Bonchev–Trinajstić information content (AvgIpc) is 2.52. The summed E-state index contributed by atoms with van der Waals surface area (Å²) in [5.74, 6) is 0. The highest BCUT2D eigenvalue weighted by Crippen LogP contribution is 2.21. The van der Waals surface area contributed by atoms with Gasteiger partial charge in [0.1, 0.15) is 0 Å². The predicted octanol–water partition coefficient (Wildman–Crippen LogP) is 3.70. The molecule has 0 fully saturated rings. The third-order valence-corrected chi connectivity index (χ3v) is 3.34. The van der Waals surface area contributed by atoms with Crippen LogP contribution in [0.3, 0.4) is 0 Å². The Hall–Kier alpha value is -2.18. The topological polar surface area (TPSA) is 48.7 Å². The van der Waals surface area contributed by atoms with E-state index in [-0.39, 0.29) is 0 Å². The Morgan fingerprint density at radius 2 is 1.75 bits per heavy atom. The molecule has 0 bridgehead atoms. The molecule has 0 spiro atoms. The number of hydrogen-bond acceptors (Lipinski definition) is 3. The van der Waals surface area contributed by atoms with Crippen LogP contribution in [0.25, 0.3) is 11.1 Å². The van der Waals surface area contributed by atoms with Gasteiger partial charge in [-0.25, -0.2) is 0 Å². The van der Waals surface area contributed by atoms with Gasteiger partial charge >= 0.3 is 0 Å². The second kappa shape index (κ2) is 7.42. The van der Waals surface area contributed by atoms with Crippen molar-refractivity contribution in [2.24, 2.45) is 0 Å². The Morgan fingerprint density at radius 1 is 1.10 bits per heavy atom. The highest BCUT2D eigenvalue weighted by molar-refractivity contribution is 5.62. The second-order valence-corrected chi connectivity index (χ2v) is 4.80. The maximum absolute atomic E-state index is 8.51. The number of unbranched alkanes of at least 4 members (excludes halogenated alkanes) is 1. The first-order valence-electron chi connectivity index (χ1n) is 6.92. The van der Waals surface area contributed by atoms with E-state index in [1.54, 1.807) is 0 Å². The fourth-order valence-electron chi connectivity index (χ4n) is 2.11.